The number of benzene rings is 1. The Morgan fingerprint density at radius 2 is 1.48 bits per heavy atom. The van der Waals surface area contributed by atoms with E-state index in [1.807, 2.05) is 36.1 Å². The van der Waals surface area contributed by atoms with Crippen molar-refractivity contribution in [1.29, 1.82) is 0 Å². The van der Waals surface area contributed by atoms with E-state index in [9.17, 15) is 18.0 Å². The van der Waals surface area contributed by atoms with Crippen molar-refractivity contribution >= 4 is 21.7 Å². The molecule has 178 valence electrons. The Morgan fingerprint density at radius 1 is 0.909 bits per heavy atom. The standard InChI is InChI=1S/C24H32N4O4S/c1-17-4-6-19(7-5-17)23(29)20-8-12-27(13-9-20)24(30)21-10-14-28(15-11-21)33(31,32)22-16-26(3)18(2)25-22/h4-7,16,20-21H,8-15H2,1-3H3. The molecule has 2 fully saturated rings. The third-order valence-corrected chi connectivity index (χ3v) is 8.78. The molecule has 0 saturated carbocycles. The van der Waals surface area contributed by atoms with Gasteiger partial charge < -0.3 is 9.47 Å². The minimum atomic E-state index is -3.64. The van der Waals surface area contributed by atoms with Crippen molar-refractivity contribution in [3.8, 4) is 0 Å². The first-order valence-electron chi connectivity index (χ1n) is 11.6. The van der Waals surface area contributed by atoms with Crippen LogP contribution in [0, 0.1) is 25.7 Å². The second-order valence-corrected chi connectivity index (χ2v) is 11.1. The molecule has 4 rings (SSSR count). The Morgan fingerprint density at radius 3 is 2.03 bits per heavy atom. The SMILES string of the molecule is Cc1ccc(C(=O)C2CCN(C(=O)C3CCN(S(=O)(=O)c4cn(C)c(C)n4)CC3)CC2)cc1. The minimum Gasteiger partial charge on any atom is -0.342 e. The van der Waals surface area contributed by atoms with Gasteiger partial charge in [0, 0.05) is 56.8 Å². The molecule has 2 saturated heterocycles. The maximum Gasteiger partial charge on any atom is 0.262 e. The lowest BCUT2D eigenvalue weighted by Crippen LogP contribution is -2.47. The average molecular weight is 473 g/mol. The molecule has 0 aliphatic carbocycles. The molecule has 33 heavy (non-hydrogen) atoms. The molecule has 0 radical (unpaired) electrons. The molecule has 2 aromatic rings. The minimum absolute atomic E-state index is 0.0504. The molecular formula is C24H32N4O4S. The molecule has 0 bridgehead atoms. The first kappa shape index (κ1) is 23.6. The highest BCUT2D eigenvalue weighted by atomic mass is 32.2. The van der Waals surface area contributed by atoms with Gasteiger partial charge in [-0.05, 0) is 39.5 Å². The van der Waals surface area contributed by atoms with E-state index >= 15 is 0 Å². The van der Waals surface area contributed by atoms with Gasteiger partial charge in [0.1, 0.15) is 5.82 Å². The zero-order valence-electron chi connectivity index (χ0n) is 19.5. The molecule has 2 aliphatic heterocycles. The second-order valence-electron chi connectivity index (χ2n) is 9.25. The predicted molar refractivity (Wildman–Crippen MR) is 124 cm³/mol. The number of amides is 1. The van der Waals surface area contributed by atoms with Gasteiger partial charge in [0.25, 0.3) is 10.0 Å². The third-order valence-electron chi connectivity index (χ3n) is 7.01. The number of likely N-dealkylation sites (tertiary alicyclic amines) is 1. The molecular weight excluding hydrogens is 440 g/mol. The topological polar surface area (TPSA) is 92.6 Å². The normalized spacial score (nSPS) is 19.1. The Balaban J connectivity index is 1.30. The molecule has 2 aliphatic rings. The van der Waals surface area contributed by atoms with E-state index in [0.717, 1.165) is 11.1 Å². The van der Waals surface area contributed by atoms with Crippen molar-refractivity contribution in [3.63, 3.8) is 0 Å². The van der Waals surface area contributed by atoms with Crippen LogP contribution < -0.4 is 0 Å². The van der Waals surface area contributed by atoms with Crippen LogP contribution in [0.25, 0.3) is 0 Å². The molecule has 8 nitrogen and oxygen atoms in total. The van der Waals surface area contributed by atoms with Crippen LogP contribution >= 0.6 is 0 Å². The molecule has 0 N–H and O–H groups in total. The highest BCUT2D eigenvalue weighted by molar-refractivity contribution is 7.89. The van der Waals surface area contributed by atoms with Crippen molar-refractivity contribution < 1.29 is 18.0 Å². The van der Waals surface area contributed by atoms with E-state index < -0.39 is 10.0 Å². The number of Topliss-reactive ketones (excluding diaryl/α,β-unsaturated/α-hetero) is 1. The molecule has 3 heterocycles. The lowest BCUT2D eigenvalue weighted by atomic mass is 9.87. The summed E-state index contributed by atoms with van der Waals surface area (Å²) in [5.74, 6) is 0.659. The largest absolute Gasteiger partial charge is 0.342 e. The van der Waals surface area contributed by atoms with Crippen LogP contribution in [-0.4, -0.2) is 65.0 Å². The second kappa shape index (κ2) is 9.38. The van der Waals surface area contributed by atoms with E-state index in [0.29, 0.717) is 57.7 Å². The summed E-state index contributed by atoms with van der Waals surface area (Å²) in [4.78, 5) is 31.9. The summed E-state index contributed by atoms with van der Waals surface area (Å²) in [5.41, 5.74) is 1.86. The predicted octanol–water partition coefficient (Wildman–Crippen LogP) is 2.56. The number of nitrogens with zero attached hydrogens (tertiary/aromatic N) is 4. The smallest absolute Gasteiger partial charge is 0.262 e. The first-order chi connectivity index (χ1) is 15.7. The monoisotopic (exact) mass is 472 g/mol. The van der Waals surface area contributed by atoms with Gasteiger partial charge in [0.05, 0.1) is 0 Å². The summed E-state index contributed by atoms with van der Waals surface area (Å²) in [6.45, 7) is 5.55. The van der Waals surface area contributed by atoms with E-state index in [2.05, 4.69) is 4.98 Å². The Hall–Kier alpha value is -2.52. The van der Waals surface area contributed by atoms with Crippen molar-refractivity contribution in [3.05, 3.63) is 47.4 Å². The zero-order chi connectivity index (χ0) is 23.8. The van der Waals surface area contributed by atoms with Gasteiger partial charge in [0.15, 0.2) is 10.8 Å². The van der Waals surface area contributed by atoms with Crippen LogP contribution in [0.1, 0.15) is 47.4 Å². The molecule has 9 heteroatoms. The van der Waals surface area contributed by atoms with Crippen LogP contribution in [0.4, 0.5) is 0 Å². The Kier molecular flexibility index (Phi) is 6.72. The van der Waals surface area contributed by atoms with Crippen molar-refractivity contribution in [2.75, 3.05) is 26.2 Å². The fraction of sp³-hybridized carbons (Fsp3) is 0.542. The number of hydrogen-bond donors (Lipinski definition) is 0. The highest BCUT2D eigenvalue weighted by Crippen LogP contribution is 2.28. The number of piperidine rings is 2. The number of aryl methyl sites for hydroxylation is 3. The number of hydrogen-bond acceptors (Lipinski definition) is 5. The van der Waals surface area contributed by atoms with Crippen LogP contribution in [0.15, 0.2) is 35.5 Å². The fourth-order valence-corrected chi connectivity index (χ4v) is 6.19. The summed E-state index contributed by atoms with van der Waals surface area (Å²) < 4.78 is 28.9. The van der Waals surface area contributed by atoms with Gasteiger partial charge in [-0.15, -0.1) is 0 Å². The zero-order valence-corrected chi connectivity index (χ0v) is 20.3. The first-order valence-corrected chi connectivity index (χ1v) is 13.0. The number of rotatable bonds is 5. The van der Waals surface area contributed by atoms with Crippen LogP contribution in [0.2, 0.25) is 0 Å². The number of sulfonamides is 1. The summed E-state index contributed by atoms with van der Waals surface area (Å²) in [5, 5.41) is 0.0626. The fourth-order valence-electron chi connectivity index (χ4n) is 4.70. The maximum atomic E-state index is 13.1. The number of ketones is 1. The van der Waals surface area contributed by atoms with Crippen LogP contribution in [0.5, 0.6) is 0 Å². The summed E-state index contributed by atoms with van der Waals surface area (Å²) >= 11 is 0. The summed E-state index contributed by atoms with van der Waals surface area (Å²) in [6.07, 6.45) is 3.89. The molecule has 1 aromatic heterocycles. The lowest BCUT2D eigenvalue weighted by molar-refractivity contribution is -0.138. The molecule has 0 spiro atoms. The molecule has 1 aromatic carbocycles. The van der Waals surface area contributed by atoms with Gasteiger partial charge in [-0.25, -0.2) is 13.4 Å². The average Bonchev–Trinajstić information content (AvgIpc) is 3.18. The van der Waals surface area contributed by atoms with Crippen molar-refractivity contribution in [2.24, 2.45) is 18.9 Å². The molecule has 1 amide bonds. The van der Waals surface area contributed by atoms with Gasteiger partial charge in [0.2, 0.25) is 5.91 Å². The van der Waals surface area contributed by atoms with E-state index in [-0.39, 0.29) is 28.6 Å². The van der Waals surface area contributed by atoms with Crippen LogP contribution in [0.3, 0.4) is 0 Å². The quantitative estimate of drug-likeness (QED) is 0.624. The number of imidazole rings is 1. The van der Waals surface area contributed by atoms with Crippen molar-refractivity contribution in [2.45, 2.75) is 44.6 Å². The number of carbonyl (C=O) groups is 2. The summed E-state index contributed by atoms with van der Waals surface area (Å²) in [6, 6.07) is 7.66. The number of carbonyl (C=O) groups excluding carboxylic acids is 2. The van der Waals surface area contributed by atoms with E-state index in [1.165, 1.54) is 10.5 Å². The molecule has 0 atom stereocenters. The Bertz CT molecular complexity index is 1100. The Labute approximate surface area is 195 Å². The third kappa shape index (κ3) is 4.89. The highest BCUT2D eigenvalue weighted by Gasteiger charge is 2.36. The van der Waals surface area contributed by atoms with E-state index in [4.69, 9.17) is 0 Å². The van der Waals surface area contributed by atoms with Crippen LogP contribution in [-0.2, 0) is 21.9 Å². The lowest BCUT2D eigenvalue weighted by Gasteiger charge is -2.36. The van der Waals surface area contributed by atoms with Crippen molar-refractivity contribution in [1.82, 2.24) is 18.8 Å². The van der Waals surface area contributed by atoms with E-state index in [1.54, 1.807) is 18.5 Å². The molecule has 0 unspecified atom stereocenters. The number of aromatic nitrogens is 2. The maximum absolute atomic E-state index is 13.1. The van der Waals surface area contributed by atoms with Gasteiger partial charge in [-0.3, -0.25) is 9.59 Å². The van der Waals surface area contributed by atoms with Gasteiger partial charge in [-0.1, -0.05) is 29.8 Å². The van der Waals surface area contributed by atoms with Gasteiger partial charge >= 0.3 is 0 Å². The summed E-state index contributed by atoms with van der Waals surface area (Å²) in [7, 11) is -1.88. The van der Waals surface area contributed by atoms with Gasteiger partial charge in [-0.2, -0.15) is 4.31 Å².